The first-order valence-electron chi connectivity index (χ1n) is 6.32. The summed E-state index contributed by atoms with van der Waals surface area (Å²) in [5, 5.41) is 0.203. The van der Waals surface area contributed by atoms with Gasteiger partial charge >= 0.3 is 0 Å². The van der Waals surface area contributed by atoms with E-state index in [9.17, 15) is 0 Å². The van der Waals surface area contributed by atoms with Gasteiger partial charge in [-0.05, 0) is 25.4 Å². The van der Waals surface area contributed by atoms with Crippen LogP contribution in [0.4, 0.5) is 5.95 Å². The number of imidazole rings is 1. The Morgan fingerprint density at radius 3 is 2.75 bits per heavy atom. The summed E-state index contributed by atoms with van der Waals surface area (Å²) in [5.41, 5.74) is 0. The van der Waals surface area contributed by atoms with E-state index in [0.717, 1.165) is 18.8 Å². The third kappa shape index (κ3) is 2.88. The molecule has 2 aromatic rings. The normalized spacial score (nSPS) is 18.2. The Balaban J connectivity index is 1.94. The summed E-state index contributed by atoms with van der Waals surface area (Å²) in [6.45, 7) is 6.26. The lowest BCUT2D eigenvalue weighted by atomic mass is 10.2. The number of rotatable bonds is 2. The summed E-state index contributed by atoms with van der Waals surface area (Å²) in [4.78, 5) is 19.1. The molecule has 106 valence electrons. The molecule has 1 aliphatic rings. The van der Waals surface area contributed by atoms with Crippen LogP contribution in [0.3, 0.4) is 0 Å². The van der Waals surface area contributed by atoms with Gasteiger partial charge in [0.1, 0.15) is 6.33 Å². The van der Waals surface area contributed by atoms with Crippen LogP contribution in [0, 0.1) is 0 Å². The molecule has 0 amide bonds. The second kappa shape index (κ2) is 5.21. The highest BCUT2D eigenvalue weighted by atomic mass is 35.5. The van der Waals surface area contributed by atoms with Crippen LogP contribution in [0.1, 0.15) is 13.8 Å². The molecule has 0 aliphatic carbocycles. The van der Waals surface area contributed by atoms with Gasteiger partial charge in [-0.3, -0.25) is 4.57 Å². The summed E-state index contributed by atoms with van der Waals surface area (Å²) in [6.07, 6.45) is 5.11. The lowest BCUT2D eigenvalue weighted by molar-refractivity contribution is 0.632. The molecular formula is C12H15ClN6S. The fourth-order valence-corrected chi connectivity index (χ4v) is 3.41. The molecular weight excluding hydrogens is 296 g/mol. The lowest BCUT2D eigenvalue weighted by Gasteiger charge is -2.37. The van der Waals surface area contributed by atoms with Gasteiger partial charge in [-0.1, -0.05) is 0 Å². The van der Waals surface area contributed by atoms with Gasteiger partial charge in [0.15, 0.2) is 0 Å². The van der Waals surface area contributed by atoms with E-state index in [1.807, 2.05) is 11.8 Å². The van der Waals surface area contributed by atoms with Crippen LogP contribution in [0.15, 0.2) is 18.7 Å². The molecule has 0 bridgehead atoms. The molecule has 1 aliphatic heterocycles. The highest BCUT2D eigenvalue weighted by Gasteiger charge is 2.29. The van der Waals surface area contributed by atoms with Crippen molar-refractivity contribution in [1.29, 1.82) is 0 Å². The molecule has 0 radical (unpaired) electrons. The van der Waals surface area contributed by atoms with Gasteiger partial charge in [0.05, 0.1) is 0 Å². The molecule has 1 fully saturated rings. The van der Waals surface area contributed by atoms with Gasteiger partial charge in [0, 0.05) is 36.0 Å². The Morgan fingerprint density at radius 2 is 2.05 bits per heavy atom. The first kappa shape index (κ1) is 13.6. The van der Waals surface area contributed by atoms with E-state index in [1.165, 1.54) is 0 Å². The summed E-state index contributed by atoms with van der Waals surface area (Å²) in [7, 11) is 0. The maximum absolute atomic E-state index is 6.03. The van der Waals surface area contributed by atoms with Gasteiger partial charge in [0.2, 0.25) is 17.2 Å². The lowest BCUT2D eigenvalue weighted by Crippen LogP contribution is -2.44. The maximum Gasteiger partial charge on any atom is 0.241 e. The number of hydrogen-bond acceptors (Lipinski definition) is 6. The zero-order valence-corrected chi connectivity index (χ0v) is 12.9. The van der Waals surface area contributed by atoms with E-state index in [1.54, 1.807) is 23.3 Å². The van der Waals surface area contributed by atoms with Crippen molar-refractivity contribution in [2.75, 3.05) is 23.7 Å². The molecule has 3 heterocycles. The van der Waals surface area contributed by atoms with Crippen LogP contribution in [0.25, 0.3) is 5.95 Å². The third-order valence-corrected chi connectivity index (χ3v) is 4.49. The van der Waals surface area contributed by atoms with Crippen molar-refractivity contribution in [3.05, 3.63) is 24.0 Å². The van der Waals surface area contributed by atoms with Crippen molar-refractivity contribution < 1.29 is 0 Å². The van der Waals surface area contributed by atoms with E-state index in [4.69, 9.17) is 11.6 Å². The number of aromatic nitrogens is 5. The van der Waals surface area contributed by atoms with Crippen molar-refractivity contribution in [3.63, 3.8) is 0 Å². The number of halogens is 1. The molecule has 0 N–H and O–H groups in total. The third-order valence-electron chi connectivity index (χ3n) is 3.03. The van der Waals surface area contributed by atoms with Gasteiger partial charge < -0.3 is 4.90 Å². The Kier molecular flexibility index (Phi) is 3.55. The van der Waals surface area contributed by atoms with Gasteiger partial charge in [-0.15, -0.1) is 0 Å². The van der Waals surface area contributed by atoms with E-state index in [2.05, 4.69) is 38.7 Å². The van der Waals surface area contributed by atoms with Crippen LogP contribution in [0.5, 0.6) is 0 Å². The number of thioether (sulfide) groups is 1. The van der Waals surface area contributed by atoms with E-state index >= 15 is 0 Å². The first-order chi connectivity index (χ1) is 9.53. The van der Waals surface area contributed by atoms with E-state index in [-0.39, 0.29) is 10.0 Å². The van der Waals surface area contributed by atoms with Gasteiger partial charge in [-0.2, -0.15) is 26.7 Å². The smallest absolute Gasteiger partial charge is 0.241 e. The Hall–Kier alpha value is -1.34. The summed E-state index contributed by atoms with van der Waals surface area (Å²) < 4.78 is 1.91. The molecule has 0 saturated carbocycles. The van der Waals surface area contributed by atoms with Crippen LogP contribution < -0.4 is 4.90 Å². The molecule has 20 heavy (non-hydrogen) atoms. The van der Waals surface area contributed by atoms with Crippen LogP contribution in [0.2, 0.25) is 5.28 Å². The Bertz CT molecular complexity index is 600. The van der Waals surface area contributed by atoms with Gasteiger partial charge in [-0.25, -0.2) is 4.98 Å². The summed E-state index contributed by atoms with van der Waals surface area (Å²) >= 11 is 7.99. The average Bonchev–Trinajstić information content (AvgIpc) is 2.90. The second-order valence-electron chi connectivity index (χ2n) is 5.20. The SMILES string of the molecule is CC1(C)CN(c2nc(Cl)nc(-n3ccnc3)n2)CCS1. The summed E-state index contributed by atoms with van der Waals surface area (Å²) in [5.74, 6) is 2.17. The van der Waals surface area contributed by atoms with Crippen LogP contribution in [-0.2, 0) is 0 Å². The van der Waals surface area contributed by atoms with Crippen molar-refractivity contribution in [3.8, 4) is 5.95 Å². The van der Waals surface area contributed by atoms with Crippen molar-refractivity contribution in [1.82, 2.24) is 24.5 Å². The predicted molar refractivity (Wildman–Crippen MR) is 80.7 cm³/mol. The van der Waals surface area contributed by atoms with E-state index < -0.39 is 0 Å². The molecule has 0 spiro atoms. The standard InChI is InChI=1S/C12H15ClN6S/c1-12(2)7-18(5-6-20-12)10-15-9(13)16-11(17-10)19-4-3-14-8-19/h3-4,8H,5-7H2,1-2H3. The zero-order valence-electron chi connectivity index (χ0n) is 11.3. The maximum atomic E-state index is 6.03. The van der Waals surface area contributed by atoms with Crippen LogP contribution >= 0.6 is 23.4 Å². The molecule has 8 heteroatoms. The predicted octanol–water partition coefficient (Wildman–Crippen LogP) is 2.04. The van der Waals surface area contributed by atoms with Crippen molar-refractivity contribution in [2.24, 2.45) is 0 Å². The molecule has 0 atom stereocenters. The highest BCUT2D eigenvalue weighted by Crippen LogP contribution is 2.31. The quantitative estimate of drug-likeness (QED) is 0.846. The Labute approximate surface area is 126 Å². The number of nitrogens with zero attached hydrogens (tertiary/aromatic N) is 6. The number of hydrogen-bond donors (Lipinski definition) is 0. The second-order valence-corrected chi connectivity index (χ2v) is 7.34. The molecule has 3 rings (SSSR count). The molecule has 0 aromatic carbocycles. The van der Waals surface area contributed by atoms with Crippen molar-refractivity contribution in [2.45, 2.75) is 18.6 Å². The fourth-order valence-electron chi connectivity index (χ4n) is 2.15. The molecule has 2 aromatic heterocycles. The summed E-state index contributed by atoms with van der Waals surface area (Å²) in [6, 6.07) is 0. The first-order valence-corrected chi connectivity index (χ1v) is 7.69. The molecule has 1 saturated heterocycles. The van der Waals surface area contributed by atoms with Crippen molar-refractivity contribution >= 4 is 29.3 Å². The minimum atomic E-state index is 0.187. The fraction of sp³-hybridized carbons (Fsp3) is 0.500. The van der Waals surface area contributed by atoms with Gasteiger partial charge in [0.25, 0.3) is 0 Å². The molecule has 6 nitrogen and oxygen atoms in total. The number of anilines is 1. The minimum Gasteiger partial charge on any atom is -0.338 e. The van der Waals surface area contributed by atoms with Crippen LogP contribution in [-0.4, -0.2) is 48.1 Å². The topological polar surface area (TPSA) is 59.7 Å². The largest absolute Gasteiger partial charge is 0.338 e. The monoisotopic (exact) mass is 310 g/mol. The Morgan fingerprint density at radius 1 is 1.25 bits per heavy atom. The average molecular weight is 311 g/mol. The molecule has 0 unspecified atom stereocenters. The minimum absolute atomic E-state index is 0.187. The zero-order chi connectivity index (χ0) is 14.2. The van der Waals surface area contributed by atoms with E-state index in [0.29, 0.717) is 11.9 Å². The highest BCUT2D eigenvalue weighted by molar-refractivity contribution is 8.00.